The van der Waals surface area contributed by atoms with Crippen LogP contribution in [0.5, 0.6) is 5.75 Å². The largest absolute Gasteiger partial charge is 0.573 e. The Hall–Kier alpha value is -4.28. The minimum atomic E-state index is -5.02. The van der Waals surface area contributed by atoms with Gasteiger partial charge in [-0.3, -0.25) is 5.10 Å². The first-order valence-electron chi connectivity index (χ1n) is 9.57. The Morgan fingerprint density at radius 3 is 2.58 bits per heavy atom. The van der Waals surface area contributed by atoms with Crippen molar-refractivity contribution in [3.05, 3.63) is 66.0 Å². The van der Waals surface area contributed by atoms with Crippen molar-refractivity contribution in [3.63, 3.8) is 0 Å². The lowest BCUT2D eigenvalue weighted by molar-refractivity contribution is -0.274. The van der Waals surface area contributed by atoms with Crippen LogP contribution in [0.1, 0.15) is 5.56 Å². The van der Waals surface area contributed by atoms with Crippen molar-refractivity contribution in [2.45, 2.75) is 13.3 Å². The zero-order chi connectivity index (χ0) is 23.8. The Balaban J connectivity index is 1.69. The molecule has 170 valence electrons. The van der Waals surface area contributed by atoms with E-state index in [0.29, 0.717) is 27.6 Å². The van der Waals surface area contributed by atoms with Gasteiger partial charge in [0.05, 0.1) is 22.3 Å². The fraction of sp³-hybridized carbons (Fsp3) is 0.0909. The number of hydrogen-bond acceptors (Lipinski definition) is 4. The van der Waals surface area contributed by atoms with E-state index in [1.165, 1.54) is 30.3 Å². The second-order valence-electron chi connectivity index (χ2n) is 7.16. The molecule has 4 rings (SSSR count). The van der Waals surface area contributed by atoms with Gasteiger partial charge in [0.15, 0.2) is 11.6 Å². The van der Waals surface area contributed by atoms with Gasteiger partial charge in [0.25, 0.3) is 0 Å². The third-order valence-electron chi connectivity index (χ3n) is 4.75. The van der Waals surface area contributed by atoms with Crippen LogP contribution in [0.4, 0.5) is 39.5 Å². The van der Waals surface area contributed by atoms with Gasteiger partial charge in [0.1, 0.15) is 5.82 Å². The maximum Gasteiger partial charge on any atom is 0.573 e. The summed E-state index contributed by atoms with van der Waals surface area (Å²) in [6.07, 6.45) is -5.02. The first-order chi connectivity index (χ1) is 15.6. The number of aryl methyl sites for hydroxylation is 1. The number of ether oxygens (including phenoxy) is 1. The monoisotopic (exact) mass is 459 g/mol. The van der Waals surface area contributed by atoms with E-state index in [0.717, 1.165) is 6.07 Å². The molecule has 3 aromatic carbocycles. The van der Waals surface area contributed by atoms with Crippen LogP contribution in [0, 0.1) is 12.7 Å². The SMILES string of the molecule is Cc1ccc(F)c(NC(=O)Nc2ccc(-c3cccc4[nH]nc(N)c34)cc2OC(F)(F)F)c1. The fourth-order valence-electron chi connectivity index (χ4n) is 3.35. The third-order valence-corrected chi connectivity index (χ3v) is 4.75. The fourth-order valence-corrected chi connectivity index (χ4v) is 3.35. The molecule has 0 aliphatic heterocycles. The van der Waals surface area contributed by atoms with Gasteiger partial charge in [-0.25, -0.2) is 9.18 Å². The molecule has 0 fully saturated rings. The number of anilines is 3. The summed E-state index contributed by atoms with van der Waals surface area (Å²) in [5.41, 5.74) is 7.66. The molecular formula is C22H17F4N5O2. The van der Waals surface area contributed by atoms with Gasteiger partial charge in [-0.1, -0.05) is 24.3 Å². The van der Waals surface area contributed by atoms with Crippen LogP contribution in [0.25, 0.3) is 22.0 Å². The number of fused-ring (bicyclic) bond motifs is 1. The number of aromatic amines is 1. The highest BCUT2D eigenvalue weighted by Crippen LogP contribution is 2.38. The predicted octanol–water partition coefficient (Wildman–Crippen LogP) is 5.80. The Labute approximate surface area is 184 Å². The number of nitrogens with one attached hydrogen (secondary N) is 3. The van der Waals surface area contributed by atoms with Crippen LogP contribution in [-0.2, 0) is 0 Å². The summed E-state index contributed by atoms with van der Waals surface area (Å²) in [5.74, 6) is -1.16. The molecule has 4 aromatic rings. The molecule has 0 radical (unpaired) electrons. The zero-order valence-corrected chi connectivity index (χ0v) is 17.0. The van der Waals surface area contributed by atoms with Crippen molar-refractivity contribution >= 4 is 34.1 Å². The van der Waals surface area contributed by atoms with Gasteiger partial charge in [0, 0.05) is 0 Å². The second-order valence-corrected chi connectivity index (χ2v) is 7.16. The van der Waals surface area contributed by atoms with E-state index in [-0.39, 0.29) is 17.2 Å². The van der Waals surface area contributed by atoms with Crippen LogP contribution in [0.15, 0.2) is 54.6 Å². The normalized spacial score (nSPS) is 11.4. The van der Waals surface area contributed by atoms with Gasteiger partial charge in [-0.2, -0.15) is 5.10 Å². The zero-order valence-electron chi connectivity index (χ0n) is 17.0. The Bertz CT molecular complexity index is 1350. The Kier molecular flexibility index (Phi) is 5.54. The van der Waals surface area contributed by atoms with Crippen molar-refractivity contribution in [2.75, 3.05) is 16.4 Å². The quantitative estimate of drug-likeness (QED) is 0.289. The molecule has 0 aliphatic carbocycles. The molecule has 0 spiro atoms. The Morgan fingerprint density at radius 2 is 1.82 bits per heavy atom. The highest BCUT2D eigenvalue weighted by atomic mass is 19.4. The number of benzene rings is 3. The van der Waals surface area contributed by atoms with Crippen LogP contribution < -0.4 is 21.1 Å². The number of nitrogens with zero attached hydrogens (tertiary/aromatic N) is 1. The molecule has 33 heavy (non-hydrogen) atoms. The number of halogens is 4. The number of rotatable bonds is 4. The predicted molar refractivity (Wildman–Crippen MR) is 116 cm³/mol. The highest BCUT2D eigenvalue weighted by molar-refractivity contribution is 6.03. The molecule has 0 unspecified atom stereocenters. The topological polar surface area (TPSA) is 105 Å². The van der Waals surface area contributed by atoms with Gasteiger partial charge in [0.2, 0.25) is 0 Å². The molecule has 0 saturated carbocycles. The van der Waals surface area contributed by atoms with Gasteiger partial charge in [-0.15, -0.1) is 13.2 Å². The van der Waals surface area contributed by atoms with Crippen LogP contribution >= 0.6 is 0 Å². The highest BCUT2D eigenvalue weighted by Gasteiger charge is 2.32. The lowest BCUT2D eigenvalue weighted by Crippen LogP contribution is -2.23. The number of urea groups is 1. The van der Waals surface area contributed by atoms with E-state index in [1.807, 2.05) is 0 Å². The maximum atomic E-state index is 13.9. The molecule has 7 nitrogen and oxygen atoms in total. The number of carbonyl (C=O) groups is 1. The average Bonchev–Trinajstić information content (AvgIpc) is 3.12. The maximum absolute atomic E-state index is 13.9. The van der Waals surface area contributed by atoms with Crippen molar-refractivity contribution < 1.29 is 27.1 Å². The van der Waals surface area contributed by atoms with Crippen LogP contribution in [0.3, 0.4) is 0 Å². The van der Waals surface area contributed by atoms with Crippen molar-refractivity contribution in [1.29, 1.82) is 0 Å². The Morgan fingerprint density at radius 1 is 1.06 bits per heavy atom. The number of amides is 2. The number of nitrogen functional groups attached to an aromatic ring is 1. The summed E-state index contributed by atoms with van der Waals surface area (Å²) in [4.78, 5) is 12.3. The number of hydrogen-bond donors (Lipinski definition) is 4. The first kappa shape index (κ1) is 21.9. The van der Waals surface area contributed by atoms with E-state index in [2.05, 4.69) is 25.6 Å². The van der Waals surface area contributed by atoms with Gasteiger partial charge < -0.3 is 21.1 Å². The second kappa shape index (κ2) is 8.34. The van der Waals surface area contributed by atoms with Crippen molar-refractivity contribution in [2.24, 2.45) is 0 Å². The summed E-state index contributed by atoms with van der Waals surface area (Å²) >= 11 is 0. The average molecular weight is 459 g/mol. The molecule has 5 N–H and O–H groups in total. The van der Waals surface area contributed by atoms with Gasteiger partial charge >= 0.3 is 12.4 Å². The molecule has 0 aliphatic rings. The number of nitrogens with two attached hydrogens (primary N) is 1. The van der Waals surface area contributed by atoms with E-state index in [9.17, 15) is 22.4 Å². The van der Waals surface area contributed by atoms with Crippen molar-refractivity contribution in [1.82, 2.24) is 10.2 Å². The standard InChI is InChI=1S/C22H17F4N5O2/c1-11-5-7-14(23)17(9-11)29-21(32)28-15-8-6-12(10-18(15)33-22(24,25)26)13-3-2-4-16-19(13)20(27)31-30-16/h2-10H,1H3,(H3,27,30,31)(H2,28,29,32). The summed E-state index contributed by atoms with van der Waals surface area (Å²) in [5, 5.41) is 11.7. The van der Waals surface area contributed by atoms with E-state index < -0.39 is 24.0 Å². The summed E-state index contributed by atoms with van der Waals surface area (Å²) in [6, 6.07) is 12.1. The molecule has 11 heteroatoms. The number of carbonyl (C=O) groups excluding carboxylic acids is 1. The van der Waals surface area contributed by atoms with Gasteiger partial charge in [-0.05, 0) is 53.9 Å². The lowest BCUT2D eigenvalue weighted by Gasteiger charge is -2.16. The molecule has 0 atom stereocenters. The van der Waals surface area contributed by atoms with E-state index in [4.69, 9.17) is 5.73 Å². The molecular weight excluding hydrogens is 442 g/mol. The summed E-state index contributed by atoms with van der Waals surface area (Å²) in [7, 11) is 0. The molecule has 1 aromatic heterocycles. The number of aromatic nitrogens is 2. The lowest BCUT2D eigenvalue weighted by atomic mass is 10.0. The third kappa shape index (κ3) is 4.81. The smallest absolute Gasteiger partial charge is 0.404 e. The summed E-state index contributed by atoms with van der Waals surface area (Å²) < 4.78 is 57.3. The molecule has 1 heterocycles. The van der Waals surface area contributed by atoms with E-state index in [1.54, 1.807) is 25.1 Å². The molecule has 2 amide bonds. The van der Waals surface area contributed by atoms with Crippen LogP contribution in [0.2, 0.25) is 0 Å². The van der Waals surface area contributed by atoms with Crippen molar-refractivity contribution in [3.8, 4) is 16.9 Å². The summed E-state index contributed by atoms with van der Waals surface area (Å²) in [6.45, 7) is 1.70. The van der Waals surface area contributed by atoms with E-state index >= 15 is 0 Å². The minimum absolute atomic E-state index is 0.121. The molecule has 0 saturated heterocycles. The molecule has 0 bridgehead atoms. The number of H-pyrrole nitrogens is 1. The van der Waals surface area contributed by atoms with Crippen LogP contribution in [-0.4, -0.2) is 22.6 Å². The number of alkyl halides is 3. The minimum Gasteiger partial charge on any atom is -0.404 e. The first-order valence-corrected chi connectivity index (χ1v) is 9.57.